The highest BCUT2D eigenvalue weighted by atomic mass is 32.2. The Kier molecular flexibility index (Phi) is 6.72. The number of benzene rings is 1. The fourth-order valence-electron chi connectivity index (χ4n) is 1.24. The maximum absolute atomic E-state index is 11.2. The molecule has 0 amide bonds. The van der Waals surface area contributed by atoms with E-state index >= 15 is 0 Å². The first kappa shape index (κ1) is 16.2. The van der Waals surface area contributed by atoms with Crippen molar-refractivity contribution in [1.29, 1.82) is 0 Å². The Bertz CT molecular complexity index is 474. The van der Waals surface area contributed by atoms with E-state index in [4.69, 9.17) is 9.47 Å². The number of hydrogen-bond acceptors (Lipinski definition) is 7. The molecule has 1 aromatic rings. The molecule has 7 heteroatoms. The fourth-order valence-corrected chi connectivity index (χ4v) is 2.10. The largest absolute Gasteiger partial charge is 0.497 e. The molecule has 0 aliphatic heterocycles. The molecule has 0 radical (unpaired) electrons. The predicted molar refractivity (Wildman–Crippen MR) is 73.2 cm³/mol. The topological polar surface area (TPSA) is 71.1 Å². The van der Waals surface area contributed by atoms with Crippen molar-refractivity contribution in [3.05, 3.63) is 18.2 Å². The zero-order chi connectivity index (χ0) is 15.0. The lowest BCUT2D eigenvalue weighted by Crippen LogP contribution is -2.13. The number of carbonyl (C=O) groups excluding carboxylic acids is 2. The summed E-state index contributed by atoms with van der Waals surface area (Å²) < 4.78 is 19.5. The maximum atomic E-state index is 11.2. The summed E-state index contributed by atoms with van der Waals surface area (Å²) in [6.45, 7) is -0.200. The number of ether oxygens (including phenoxy) is 4. The third-order valence-corrected chi connectivity index (χ3v) is 3.31. The molecule has 0 bridgehead atoms. The van der Waals surface area contributed by atoms with Gasteiger partial charge >= 0.3 is 11.9 Å². The molecule has 0 fully saturated rings. The van der Waals surface area contributed by atoms with E-state index in [0.717, 1.165) is 0 Å². The second-order valence-corrected chi connectivity index (χ2v) is 4.56. The number of carbonyl (C=O) groups is 2. The second-order valence-electron chi connectivity index (χ2n) is 3.54. The fraction of sp³-hybridized carbons (Fsp3) is 0.385. The maximum Gasteiger partial charge on any atom is 0.343 e. The van der Waals surface area contributed by atoms with Crippen LogP contribution in [0.15, 0.2) is 23.1 Å². The van der Waals surface area contributed by atoms with Crippen LogP contribution in [-0.4, -0.2) is 45.6 Å². The minimum absolute atomic E-state index is 0.137. The molecule has 1 aromatic carbocycles. The van der Waals surface area contributed by atoms with Crippen LogP contribution in [-0.2, 0) is 19.1 Å². The minimum Gasteiger partial charge on any atom is -0.497 e. The summed E-state index contributed by atoms with van der Waals surface area (Å²) in [5.74, 6) is 0.410. The van der Waals surface area contributed by atoms with E-state index in [0.29, 0.717) is 16.4 Å². The van der Waals surface area contributed by atoms with Gasteiger partial charge in [0.2, 0.25) is 0 Å². The quantitative estimate of drug-likeness (QED) is 0.558. The average Bonchev–Trinajstić information content (AvgIpc) is 2.50. The summed E-state index contributed by atoms with van der Waals surface area (Å²) in [6.07, 6.45) is 0. The van der Waals surface area contributed by atoms with Crippen molar-refractivity contribution < 1.29 is 28.5 Å². The van der Waals surface area contributed by atoms with E-state index in [9.17, 15) is 9.59 Å². The molecule has 0 unspecified atom stereocenters. The van der Waals surface area contributed by atoms with E-state index in [1.54, 1.807) is 25.3 Å². The molecule has 1 rings (SSSR count). The van der Waals surface area contributed by atoms with Gasteiger partial charge in [0.1, 0.15) is 11.5 Å². The standard InChI is InChI=1S/C13H16O6S/c1-16-9-4-5-10(19-7-12(14)17-2)11(6-9)20-8-13(15)18-3/h4-6H,7-8H2,1-3H3. The van der Waals surface area contributed by atoms with Crippen LogP contribution in [0.5, 0.6) is 11.5 Å². The van der Waals surface area contributed by atoms with Crippen molar-refractivity contribution in [3.63, 3.8) is 0 Å². The molecule has 0 spiro atoms. The molecular weight excluding hydrogens is 284 g/mol. The summed E-state index contributed by atoms with van der Waals surface area (Å²) in [5.41, 5.74) is 0. The first-order valence-corrected chi connectivity index (χ1v) is 6.66. The zero-order valence-electron chi connectivity index (χ0n) is 11.5. The molecule has 0 saturated heterocycles. The van der Waals surface area contributed by atoms with Crippen molar-refractivity contribution in [2.24, 2.45) is 0 Å². The lowest BCUT2D eigenvalue weighted by atomic mass is 10.3. The normalized spacial score (nSPS) is 9.75. The molecule has 0 aliphatic rings. The van der Waals surface area contributed by atoms with Gasteiger partial charge in [-0.1, -0.05) is 0 Å². The molecule has 0 saturated carbocycles. The minimum atomic E-state index is -0.482. The van der Waals surface area contributed by atoms with Gasteiger partial charge in [-0.25, -0.2) is 4.79 Å². The van der Waals surface area contributed by atoms with Crippen molar-refractivity contribution in [1.82, 2.24) is 0 Å². The molecule has 6 nitrogen and oxygen atoms in total. The van der Waals surface area contributed by atoms with Crippen LogP contribution in [0.4, 0.5) is 0 Å². The number of methoxy groups -OCH3 is 3. The molecule has 0 aromatic heterocycles. The number of thioether (sulfide) groups is 1. The summed E-state index contributed by atoms with van der Waals surface area (Å²) in [7, 11) is 4.15. The van der Waals surface area contributed by atoms with E-state index in [-0.39, 0.29) is 18.3 Å². The van der Waals surface area contributed by atoms with Crippen LogP contribution in [0.2, 0.25) is 0 Å². The van der Waals surface area contributed by atoms with E-state index in [2.05, 4.69) is 9.47 Å². The third-order valence-electron chi connectivity index (χ3n) is 2.30. The Morgan fingerprint density at radius 3 is 2.40 bits per heavy atom. The SMILES string of the molecule is COC(=O)COc1ccc(OC)cc1SCC(=O)OC. The van der Waals surface area contributed by atoms with Crippen molar-refractivity contribution in [2.75, 3.05) is 33.7 Å². The van der Waals surface area contributed by atoms with Crippen LogP contribution in [0.3, 0.4) is 0 Å². The average molecular weight is 300 g/mol. The number of hydrogen-bond donors (Lipinski definition) is 0. The highest BCUT2D eigenvalue weighted by molar-refractivity contribution is 8.00. The Morgan fingerprint density at radius 1 is 1.10 bits per heavy atom. The van der Waals surface area contributed by atoms with Crippen molar-refractivity contribution >= 4 is 23.7 Å². The highest BCUT2D eigenvalue weighted by Crippen LogP contribution is 2.33. The second kappa shape index (κ2) is 8.31. The van der Waals surface area contributed by atoms with Crippen LogP contribution in [0.25, 0.3) is 0 Å². The lowest BCUT2D eigenvalue weighted by Gasteiger charge is -2.11. The Morgan fingerprint density at radius 2 is 1.80 bits per heavy atom. The molecule has 0 aliphatic carbocycles. The van der Waals surface area contributed by atoms with E-state index < -0.39 is 5.97 Å². The van der Waals surface area contributed by atoms with Gasteiger partial charge in [0.15, 0.2) is 6.61 Å². The number of esters is 2. The van der Waals surface area contributed by atoms with Crippen LogP contribution >= 0.6 is 11.8 Å². The van der Waals surface area contributed by atoms with Gasteiger partial charge in [-0.15, -0.1) is 11.8 Å². The van der Waals surface area contributed by atoms with Gasteiger partial charge < -0.3 is 18.9 Å². The van der Waals surface area contributed by atoms with E-state index in [1.165, 1.54) is 26.0 Å². The number of rotatable bonds is 7. The van der Waals surface area contributed by atoms with Crippen LogP contribution in [0, 0.1) is 0 Å². The van der Waals surface area contributed by atoms with Gasteiger partial charge in [-0.3, -0.25) is 4.79 Å². The molecular formula is C13H16O6S. The van der Waals surface area contributed by atoms with Gasteiger partial charge in [0.05, 0.1) is 32.0 Å². The predicted octanol–water partition coefficient (Wildman–Crippen LogP) is 1.51. The van der Waals surface area contributed by atoms with Crippen molar-refractivity contribution in [2.45, 2.75) is 4.90 Å². The summed E-state index contributed by atoms with van der Waals surface area (Å²) in [6, 6.07) is 5.09. The molecule has 0 atom stereocenters. The first-order chi connectivity index (χ1) is 9.60. The summed E-state index contributed by atoms with van der Waals surface area (Å²) >= 11 is 1.24. The Labute approximate surface area is 121 Å². The molecule has 110 valence electrons. The van der Waals surface area contributed by atoms with Crippen LogP contribution < -0.4 is 9.47 Å². The summed E-state index contributed by atoms with van der Waals surface area (Å²) in [4.78, 5) is 22.9. The first-order valence-electron chi connectivity index (χ1n) is 5.68. The van der Waals surface area contributed by atoms with Crippen LogP contribution in [0.1, 0.15) is 0 Å². The van der Waals surface area contributed by atoms with Crippen molar-refractivity contribution in [3.8, 4) is 11.5 Å². The van der Waals surface area contributed by atoms with Gasteiger partial charge in [-0.2, -0.15) is 0 Å². The van der Waals surface area contributed by atoms with E-state index in [1.807, 2.05) is 0 Å². The lowest BCUT2D eigenvalue weighted by molar-refractivity contribution is -0.143. The monoisotopic (exact) mass is 300 g/mol. The third kappa shape index (κ3) is 5.00. The molecule has 0 heterocycles. The molecule has 20 heavy (non-hydrogen) atoms. The Hall–Kier alpha value is -1.89. The zero-order valence-corrected chi connectivity index (χ0v) is 12.3. The Balaban J connectivity index is 2.80. The van der Waals surface area contributed by atoms with Gasteiger partial charge in [0.25, 0.3) is 0 Å². The summed E-state index contributed by atoms with van der Waals surface area (Å²) in [5, 5.41) is 0. The molecule has 0 N–H and O–H groups in total. The van der Waals surface area contributed by atoms with Gasteiger partial charge in [0, 0.05) is 0 Å². The highest BCUT2D eigenvalue weighted by Gasteiger charge is 2.11. The van der Waals surface area contributed by atoms with Gasteiger partial charge in [-0.05, 0) is 18.2 Å². The smallest absolute Gasteiger partial charge is 0.343 e.